The number of rotatable bonds is 5. The van der Waals surface area contributed by atoms with Crippen molar-refractivity contribution in [1.29, 1.82) is 0 Å². The van der Waals surface area contributed by atoms with E-state index in [9.17, 15) is 4.79 Å². The summed E-state index contributed by atoms with van der Waals surface area (Å²) in [5.41, 5.74) is 6.33. The van der Waals surface area contributed by atoms with Crippen molar-refractivity contribution in [3.05, 3.63) is 28.8 Å². The van der Waals surface area contributed by atoms with Crippen molar-refractivity contribution in [2.45, 2.75) is 12.8 Å². The molecule has 1 aromatic rings. The van der Waals surface area contributed by atoms with Gasteiger partial charge in [0.1, 0.15) is 0 Å². The van der Waals surface area contributed by atoms with E-state index in [-0.39, 0.29) is 6.79 Å². The van der Waals surface area contributed by atoms with Crippen molar-refractivity contribution in [1.82, 2.24) is 0 Å². The van der Waals surface area contributed by atoms with Crippen LogP contribution in [0.5, 0.6) is 0 Å². The van der Waals surface area contributed by atoms with Crippen LogP contribution in [0.4, 0.5) is 5.69 Å². The van der Waals surface area contributed by atoms with Crippen molar-refractivity contribution in [2.75, 3.05) is 19.1 Å². The number of benzene rings is 1. The molecule has 1 aromatic carbocycles. The van der Waals surface area contributed by atoms with E-state index >= 15 is 0 Å². The Hall–Kier alpha value is -1.26. The fourth-order valence-electron chi connectivity index (χ4n) is 1.35. The molecule has 4 nitrogen and oxygen atoms in total. The fourth-order valence-corrected chi connectivity index (χ4v) is 1.47. The number of anilines is 1. The number of hydrogen-bond acceptors (Lipinski definition) is 4. The predicted molar refractivity (Wildman–Crippen MR) is 64.8 cm³/mol. The summed E-state index contributed by atoms with van der Waals surface area (Å²) in [4.78, 5) is 11.6. The Bertz CT molecular complexity index is 418. The van der Waals surface area contributed by atoms with Gasteiger partial charge in [-0.2, -0.15) is 0 Å². The predicted octanol–water partition coefficient (Wildman–Crippen LogP) is 2.46. The molecule has 5 heteroatoms. The van der Waals surface area contributed by atoms with Gasteiger partial charge >= 0.3 is 5.97 Å². The third-order valence-electron chi connectivity index (χ3n) is 2.56. The smallest absolute Gasteiger partial charge is 0.340 e. The highest BCUT2D eigenvalue weighted by atomic mass is 35.5. The number of carbonyl (C=O) groups is 1. The number of carbonyl (C=O) groups excluding carboxylic acids is 1. The number of nitrogens with two attached hydrogens (primary N) is 1. The van der Waals surface area contributed by atoms with Gasteiger partial charge in [0.15, 0.2) is 6.79 Å². The number of esters is 1. The van der Waals surface area contributed by atoms with Crippen LogP contribution in [0.3, 0.4) is 0 Å². The van der Waals surface area contributed by atoms with E-state index in [0.29, 0.717) is 28.8 Å². The molecule has 0 amide bonds. The van der Waals surface area contributed by atoms with Crippen LogP contribution in [0.2, 0.25) is 5.02 Å². The number of nitrogen functional groups attached to an aromatic ring is 1. The Morgan fingerprint density at radius 3 is 2.88 bits per heavy atom. The van der Waals surface area contributed by atoms with Gasteiger partial charge < -0.3 is 15.2 Å². The lowest BCUT2D eigenvalue weighted by Gasteiger charge is -2.06. The van der Waals surface area contributed by atoms with Crippen LogP contribution in [0, 0.1) is 5.92 Å². The monoisotopic (exact) mass is 255 g/mol. The van der Waals surface area contributed by atoms with Gasteiger partial charge in [-0.25, -0.2) is 4.79 Å². The maximum atomic E-state index is 11.6. The van der Waals surface area contributed by atoms with E-state index in [1.54, 1.807) is 12.1 Å². The summed E-state index contributed by atoms with van der Waals surface area (Å²) in [5.74, 6) is 0.198. The van der Waals surface area contributed by atoms with Crippen LogP contribution in [0.1, 0.15) is 23.2 Å². The molecule has 1 saturated carbocycles. The SMILES string of the molecule is Nc1cc(C(=O)OCOCC2CC2)ccc1Cl. The van der Waals surface area contributed by atoms with Crippen molar-refractivity contribution in [2.24, 2.45) is 5.92 Å². The molecule has 1 aliphatic rings. The van der Waals surface area contributed by atoms with Crippen molar-refractivity contribution >= 4 is 23.3 Å². The molecule has 1 aliphatic carbocycles. The van der Waals surface area contributed by atoms with E-state index in [1.807, 2.05) is 0 Å². The lowest BCUT2D eigenvalue weighted by Crippen LogP contribution is -2.10. The topological polar surface area (TPSA) is 61.6 Å². The first-order chi connectivity index (χ1) is 8.16. The maximum Gasteiger partial charge on any atom is 0.340 e. The molecule has 0 saturated heterocycles. The zero-order chi connectivity index (χ0) is 12.3. The molecule has 92 valence electrons. The van der Waals surface area contributed by atoms with Gasteiger partial charge in [0.25, 0.3) is 0 Å². The summed E-state index contributed by atoms with van der Waals surface area (Å²) < 4.78 is 10.1. The van der Waals surface area contributed by atoms with Crippen LogP contribution in [0.25, 0.3) is 0 Å². The summed E-state index contributed by atoms with van der Waals surface area (Å²) in [6, 6.07) is 4.63. The molecule has 0 radical (unpaired) electrons. The Balaban J connectivity index is 1.79. The van der Waals surface area contributed by atoms with Crippen LogP contribution in [-0.4, -0.2) is 19.4 Å². The van der Waals surface area contributed by atoms with Crippen LogP contribution in [0.15, 0.2) is 18.2 Å². The van der Waals surface area contributed by atoms with Gasteiger partial charge in [-0.15, -0.1) is 0 Å². The highest BCUT2D eigenvalue weighted by Gasteiger charge is 2.21. The minimum absolute atomic E-state index is 0.0160. The second-order valence-electron chi connectivity index (χ2n) is 4.10. The summed E-state index contributed by atoms with van der Waals surface area (Å²) in [6.45, 7) is 0.647. The zero-order valence-corrected chi connectivity index (χ0v) is 10.1. The van der Waals surface area contributed by atoms with Gasteiger partial charge in [-0.1, -0.05) is 11.6 Å². The third kappa shape index (κ3) is 3.61. The van der Waals surface area contributed by atoms with E-state index in [1.165, 1.54) is 18.9 Å². The summed E-state index contributed by atoms with van der Waals surface area (Å²) in [7, 11) is 0. The molecular formula is C12H14ClNO3. The zero-order valence-electron chi connectivity index (χ0n) is 9.32. The Morgan fingerprint density at radius 1 is 1.47 bits per heavy atom. The van der Waals surface area contributed by atoms with E-state index in [4.69, 9.17) is 26.8 Å². The molecule has 0 unspecified atom stereocenters. The van der Waals surface area contributed by atoms with E-state index in [2.05, 4.69) is 0 Å². The number of halogens is 1. The van der Waals surface area contributed by atoms with E-state index in [0.717, 1.165) is 0 Å². The molecule has 0 heterocycles. The average Bonchev–Trinajstić information content (AvgIpc) is 3.12. The van der Waals surface area contributed by atoms with Gasteiger partial charge in [-0.05, 0) is 37.0 Å². The lowest BCUT2D eigenvalue weighted by atomic mass is 10.2. The van der Waals surface area contributed by atoms with Crippen molar-refractivity contribution < 1.29 is 14.3 Å². The molecule has 0 aliphatic heterocycles. The van der Waals surface area contributed by atoms with Crippen LogP contribution >= 0.6 is 11.6 Å². The Morgan fingerprint density at radius 2 is 2.24 bits per heavy atom. The number of hydrogen-bond donors (Lipinski definition) is 1. The second kappa shape index (κ2) is 5.38. The molecule has 2 rings (SSSR count). The van der Waals surface area contributed by atoms with Crippen LogP contribution < -0.4 is 5.73 Å². The molecule has 17 heavy (non-hydrogen) atoms. The molecule has 0 spiro atoms. The normalized spacial score (nSPS) is 14.6. The molecule has 0 aromatic heterocycles. The standard InChI is InChI=1S/C12H14ClNO3/c13-10-4-3-9(5-11(10)14)12(15)17-7-16-6-8-1-2-8/h3-5,8H,1-2,6-7,14H2. The average molecular weight is 256 g/mol. The van der Waals surface area contributed by atoms with Gasteiger partial charge in [0.05, 0.1) is 22.9 Å². The first kappa shape index (κ1) is 12.2. The molecule has 2 N–H and O–H groups in total. The lowest BCUT2D eigenvalue weighted by molar-refractivity contribution is -0.0344. The summed E-state index contributed by atoms with van der Waals surface area (Å²) in [6.07, 6.45) is 2.42. The molecule has 1 fully saturated rings. The first-order valence-corrected chi connectivity index (χ1v) is 5.84. The fraction of sp³-hybridized carbons (Fsp3) is 0.417. The minimum Gasteiger partial charge on any atom is -0.435 e. The minimum atomic E-state index is -0.454. The molecule has 0 atom stereocenters. The second-order valence-corrected chi connectivity index (χ2v) is 4.51. The van der Waals surface area contributed by atoms with Crippen molar-refractivity contribution in [3.63, 3.8) is 0 Å². The first-order valence-electron chi connectivity index (χ1n) is 5.46. The maximum absolute atomic E-state index is 11.6. The van der Waals surface area contributed by atoms with Gasteiger partial charge in [0.2, 0.25) is 0 Å². The Kier molecular flexibility index (Phi) is 3.86. The quantitative estimate of drug-likeness (QED) is 0.380. The molecular weight excluding hydrogens is 242 g/mol. The summed E-state index contributed by atoms with van der Waals surface area (Å²) in [5, 5.41) is 0.423. The van der Waals surface area contributed by atoms with Gasteiger partial charge in [-0.3, -0.25) is 0 Å². The van der Waals surface area contributed by atoms with E-state index < -0.39 is 5.97 Å². The van der Waals surface area contributed by atoms with Gasteiger partial charge in [0, 0.05) is 0 Å². The third-order valence-corrected chi connectivity index (χ3v) is 2.90. The molecule has 0 bridgehead atoms. The number of ether oxygens (including phenoxy) is 2. The largest absolute Gasteiger partial charge is 0.435 e. The highest BCUT2D eigenvalue weighted by Crippen LogP contribution is 2.28. The summed E-state index contributed by atoms with van der Waals surface area (Å²) >= 11 is 5.75. The Labute approximate surface area is 105 Å². The van der Waals surface area contributed by atoms with Crippen molar-refractivity contribution in [3.8, 4) is 0 Å². The van der Waals surface area contributed by atoms with Crippen LogP contribution in [-0.2, 0) is 9.47 Å². The highest BCUT2D eigenvalue weighted by molar-refractivity contribution is 6.33.